The second kappa shape index (κ2) is 5.94. The van der Waals surface area contributed by atoms with E-state index in [0.717, 1.165) is 0 Å². The van der Waals surface area contributed by atoms with Crippen LogP contribution in [0.5, 0.6) is 0 Å². The summed E-state index contributed by atoms with van der Waals surface area (Å²) in [4.78, 5) is 0. The third kappa shape index (κ3) is 5.21. The van der Waals surface area contributed by atoms with Crippen LogP contribution in [0.25, 0.3) is 0 Å². The van der Waals surface area contributed by atoms with Crippen LogP contribution in [0.4, 0.5) is 19.2 Å². The van der Waals surface area contributed by atoms with Gasteiger partial charge in [-0.2, -0.15) is 13.2 Å². The van der Waals surface area contributed by atoms with Crippen LogP contribution in [-0.2, 0) is 6.54 Å². The molecule has 0 radical (unpaired) electrons. The molecule has 92 valence electrons. The predicted molar refractivity (Wildman–Crippen MR) is 54.1 cm³/mol. The van der Waals surface area contributed by atoms with Gasteiger partial charge in [-0.15, -0.1) is 5.10 Å². The highest BCUT2D eigenvalue weighted by molar-refractivity contribution is 8.00. The van der Waals surface area contributed by atoms with Gasteiger partial charge in [0.05, 0.1) is 6.54 Å². The first-order chi connectivity index (χ1) is 7.51. The molecule has 0 aromatic carbocycles. The lowest BCUT2D eigenvalue weighted by Gasteiger charge is -2.04. The Bertz CT molecular complexity index is 317. The van der Waals surface area contributed by atoms with Crippen molar-refractivity contribution >= 4 is 17.8 Å². The molecular weight excluding hydrogens is 245 g/mol. The molecule has 2 N–H and O–H groups in total. The van der Waals surface area contributed by atoms with Crippen LogP contribution in [0.2, 0.25) is 0 Å². The molecule has 0 saturated heterocycles. The molecule has 0 aliphatic rings. The van der Waals surface area contributed by atoms with Crippen LogP contribution in [0.1, 0.15) is 5.89 Å². The van der Waals surface area contributed by atoms with E-state index in [-0.39, 0.29) is 30.1 Å². The summed E-state index contributed by atoms with van der Waals surface area (Å²) in [6.07, 6.45) is 0. The summed E-state index contributed by atoms with van der Waals surface area (Å²) in [5.41, 5.74) is -4.20. The highest BCUT2D eigenvalue weighted by atomic mass is 32.2. The Morgan fingerprint density at radius 3 is 2.75 bits per heavy atom. The van der Waals surface area contributed by atoms with E-state index in [1.54, 1.807) is 7.05 Å². The van der Waals surface area contributed by atoms with Gasteiger partial charge in [0.15, 0.2) is 0 Å². The fourth-order valence-electron chi connectivity index (χ4n) is 0.872. The molecule has 1 rings (SSSR count). The molecule has 1 heterocycles. The van der Waals surface area contributed by atoms with E-state index in [2.05, 4.69) is 20.8 Å². The Labute approximate surface area is 94.2 Å². The van der Waals surface area contributed by atoms with Crippen LogP contribution in [0.3, 0.4) is 0 Å². The topological polar surface area (TPSA) is 63.0 Å². The van der Waals surface area contributed by atoms with Crippen molar-refractivity contribution in [2.75, 3.05) is 24.7 Å². The third-order valence-electron chi connectivity index (χ3n) is 1.44. The standard InChI is InChI=1S/C7H11F3N4OS/c1-11-4-5-13-14-6(15-5)12-2-3-16-7(8,9)10/h11H,2-4H2,1H3,(H,12,14). The van der Waals surface area contributed by atoms with Gasteiger partial charge in [-0.3, -0.25) is 0 Å². The maximum atomic E-state index is 11.8. The van der Waals surface area contributed by atoms with Crippen molar-refractivity contribution in [1.29, 1.82) is 0 Å². The molecule has 0 bridgehead atoms. The van der Waals surface area contributed by atoms with E-state index >= 15 is 0 Å². The molecule has 0 amide bonds. The molecule has 0 aliphatic heterocycles. The molecule has 0 aliphatic carbocycles. The zero-order valence-electron chi connectivity index (χ0n) is 8.47. The van der Waals surface area contributed by atoms with E-state index in [1.807, 2.05) is 0 Å². The van der Waals surface area contributed by atoms with Gasteiger partial charge in [0.1, 0.15) is 0 Å². The van der Waals surface area contributed by atoms with E-state index in [1.165, 1.54) is 0 Å². The van der Waals surface area contributed by atoms with Crippen molar-refractivity contribution in [1.82, 2.24) is 15.5 Å². The first-order valence-corrected chi connectivity index (χ1v) is 5.41. The SMILES string of the molecule is CNCc1nnc(NCCSC(F)(F)F)o1. The highest BCUT2D eigenvalue weighted by Crippen LogP contribution is 2.29. The van der Waals surface area contributed by atoms with Gasteiger partial charge in [0.25, 0.3) is 0 Å². The van der Waals surface area contributed by atoms with Crippen LogP contribution in [0, 0.1) is 0 Å². The average molecular weight is 256 g/mol. The largest absolute Gasteiger partial charge is 0.441 e. The van der Waals surface area contributed by atoms with Crippen molar-refractivity contribution in [3.05, 3.63) is 5.89 Å². The summed E-state index contributed by atoms with van der Waals surface area (Å²) >= 11 is -0.0948. The number of alkyl halides is 3. The number of aromatic nitrogens is 2. The zero-order valence-corrected chi connectivity index (χ0v) is 9.28. The molecule has 0 spiro atoms. The number of rotatable bonds is 6. The summed E-state index contributed by atoms with van der Waals surface area (Å²) in [6, 6.07) is 0.132. The molecule has 1 aromatic rings. The van der Waals surface area contributed by atoms with Crippen LogP contribution in [0.15, 0.2) is 4.42 Å². The monoisotopic (exact) mass is 256 g/mol. The summed E-state index contributed by atoms with van der Waals surface area (Å²) in [5, 5.41) is 12.7. The lowest BCUT2D eigenvalue weighted by atomic mass is 10.6. The number of halogens is 3. The molecule has 0 saturated carbocycles. The third-order valence-corrected chi connectivity index (χ3v) is 2.17. The Morgan fingerprint density at radius 2 is 2.12 bits per heavy atom. The Balaban J connectivity index is 2.21. The first kappa shape index (κ1) is 13.1. The molecule has 0 fully saturated rings. The molecule has 16 heavy (non-hydrogen) atoms. The number of nitrogens with one attached hydrogen (secondary N) is 2. The van der Waals surface area contributed by atoms with Crippen molar-refractivity contribution in [2.24, 2.45) is 0 Å². The van der Waals surface area contributed by atoms with E-state index in [0.29, 0.717) is 12.4 Å². The number of thioether (sulfide) groups is 1. The predicted octanol–water partition coefficient (Wildman–Crippen LogP) is 1.45. The summed E-state index contributed by atoms with van der Waals surface area (Å²) < 4.78 is 40.4. The van der Waals surface area contributed by atoms with Gasteiger partial charge in [0.2, 0.25) is 5.89 Å². The van der Waals surface area contributed by atoms with Crippen molar-refractivity contribution in [3.8, 4) is 0 Å². The van der Waals surface area contributed by atoms with Crippen LogP contribution < -0.4 is 10.6 Å². The van der Waals surface area contributed by atoms with Gasteiger partial charge in [-0.25, -0.2) is 0 Å². The maximum absolute atomic E-state index is 11.8. The summed E-state index contributed by atoms with van der Waals surface area (Å²) in [5.74, 6) is 0.279. The molecule has 9 heteroatoms. The quantitative estimate of drug-likeness (QED) is 0.751. The van der Waals surface area contributed by atoms with Crippen LogP contribution >= 0.6 is 11.8 Å². The van der Waals surface area contributed by atoms with E-state index < -0.39 is 5.51 Å². The second-order valence-electron chi connectivity index (χ2n) is 2.75. The normalized spacial score (nSPS) is 11.8. The fraction of sp³-hybridized carbons (Fsp3) is 0.714. The Hall–Kier alpha value is -0.960. The molecule has 1 aromatic heterocycles. The smallest absolute Gasteiger partial charge is 0.407 e. The highest BCUT2D eigenvalue weighted by Gasteiger charge is 2.27. The van der Waals surface area contributed by atoms with Crippen LogP contribution in [-0.4, -0.2) is 35.1 Å². The fourth-order valence-corrected chi connectivity index (χ4v) is 1.31. The summed E-state index contributed by atoms with van der Waals surface area (Å²) in [7, 11) is 1.72. The number of hydrogen-bond donors (Lipinski definition) is 2. The molecule has 0 atom stereocenters. The number of nitrogens with zero attached hydrogens (tertiary/aromatic N) is 2. The molecule has 5 nitrogen and oxygen atoms in total. The van der Waals surface area contributed by atoms with Gasteiger partial charge in [-0.05, 0) is 18.8 Å². The first-order valence-electron chi connectivity index (χ1n) is 4.43. The molecular formula is C7H11F3N4OS. The second-order valence-corrected chi connectivity index (χ2v) is 3.91. The summed E-state index contributed by atoms with van der Waals surface area (Å²) in [6.45, 7) is 0.539. The minimum Gasteiger partial charge on any atom is -0.407 e. The van der Waals surface area contributed by atoms with Gasteiger partial charge >= 0.3 is 11.5 Å². The van der Waals surface area contributed by atoms with E-state index in [9.17, 15) is 13.2 Å². The lowest BCUT2D eigenvalue weighted by molar-refractivity contribution is -0.0327. The number of hydrogen-bond acceptors (Lipinski definition) is 6. The van der Waals surface area contributed by atoms with E-state index in [4.69, 9.17) is 4.42 Å². The minimum absolute atomic E-state index is 0.0948. The lowest BCUT2D eigenvalue weighted by Crippen LogP contribution is -2.09. The van der Waals surface area contributed by atoms with Crippen molar-refractivity contribution in [2.45, 2.75) is 12.1 Å². The minimum atomic E-state index is -4.20. The Morgan fingerprint density at radius 1 is 1.38 bits per heavy atom. The zero-order chi connectivity index (χ0) is 12.0. The van der Waals surface area contributed by atoms with Gasteiger partial charge < -0.3 is 15.1 Å². The molecule has 0 unspecified atom stereocenters. The average Bonchev–Trinajstić information content (AvgIpc) is 2.60. The number of anilines is 1. The van der Waals surface area contributed by atoms with Gasteiger partial charge in [0, 0.05) is 12.3 Å². The maximum Gasteiger partial charge on any atom is 0.441 e. The Kier molecular flexibility index (Phi) is 4.87. The van der Waals surface area contributed by atoms with Gasteiger partial charge in [-0.1, -0.05) is 5.10 Å². The van der Waals surface area contributed by atoms with Crippen molar-refractivity contribution in [3.63, 3.8) is 0 Å². The van der Waals surface area contributed by atoms with Crippen molar-refractivity contribution < 1.29 is 17.6 Å².